The van der Waals surface area contributed by atoms with Crippen LogP contribution in [-0.4, -0.2) is 35.9 Å². The highest BCUT2D eigenvalue weighted by molar-refractivity contribution is 5.82. The number of nitrogens with one attached hydrogen (secondary N) is 2. The lowest BCUT2D eigenvalue weighted by Gasteiger charge is -2.41. The fourth-order valence-corrected chi connectivity index (χ4v) is 4.53. The Morgan fingerprint density at radius 2 is 1.68 bits per heavy atom. The van der Waals surface area contributed by atoms with Crippen molar-refractivity contribution < 1.29 is 19.4 Å². The molecule has 6 heteroatoms. The minimum atomic E-state index is -1.35. The van der Waals surface area contributed by atoms with Gasteiger partial charge in [0, 0.05) is 5.41 Å². The van der Waals surface area contributed by atoms with Crippen LogP contribution in [0.15, 0.2) is 60.7 Å². The Bertz CT molecular complexity index is 899. The van der Waals surface area contributed by atoms with Crippen LogP contribution >= 0.6 is 0 Å². The Hall–Kier alpha value is -2.86. The standard InChI is InChI=1S/C28H38N2O4/c1-3-4-16-24(25(31)26(32)29-21(2)23-14-9-6-10-15-23)30-27(33)34-20-28(17-11-18-28)19-22-12-7-5-8-13-22/h5-10,12-15,21,24-25,31H,3-4,11,16-20H2,1-2H3,(H,29,32)(H,30,33)/t21-,24+,25?/m1/s1. The fourth-order valence-electron chi connectivity index (χ4n) is 4.53. The molecule has 3 atom stereocenters. The normalized spacial score (nSPS) is 17.0. The van der Waals surface area contributed by atoms with E-state index >= 15 is 0 Å². The van der Waals surface area contributed by atoms with E-state index in [2.05, 4.69) is 22.8 Å². The first-order valence-corrected chi connectivity index (χ1v) is 12.4. The smallest absolute Gasteiger partial charge is 0.407 e. The van der Waals surface area contributed by atoms with Crippen LogP contribution in [0.25, 0.3) is 0 Å². The lowest BCUT2D eigenvalue weighted by Crippen LogP contribution is -2.51. The molecule has 0 heterocycles. The summed E-state index contributed by atoms with van der Waals surface area (Å²) in [5, 5.41) is 16.4. The SMILES string of the molecule is CCCC[C@H](NC(=O)OCC1(Cc2ccccc2)CCC1)C(O)C(=O)N[C@H](C)c1ccccc1. The molecule has 1 saturated carbocycles. The zero-order chi connectivity index (χ0) is 24.4. The molecule has 0 bridgehead atoms. The van der Waals surface area contributed by atoms with E-state index in [1.54, 1.807) is 0 Å². The van der Waals surface area contributed by atoms with Crippen LogP contribution in [0, 0.1) is 5.41 Å². The molecule has 34 heavy (non-hydrogen) atoms. The third-order valence-electron chi connectivity index (χ3n) is 6.83. The highest BCUT2D eigenvalue weighted by Gasteiger charge is 2.39. The molecule has 2 aromatic rings. The number of hydrogen-bond donors (Lipinski definition) is 3. The van der Waals surface area contributed by atoms with Gasteiger partial charge in [0.1, 0.15) is 0 Å². The monoisotopic (exact) mass is 466 g/mol. The van der Waals surface area contributed by atoms with E-state index in [1.807, 2.05) is 62.4 Å². The highest BCUT2D eigenvalue weighted by Crippen LogP contribution is 2.44. The maximum Gasteiger partial charge on any atom is 0.407 e. The van der Waals surface area contributed by atoms with Crippen LogP contribution in [0.5, 0.6) is 0 Å². The minimum Gasteiger partial charge on any atom is -0.449 e. The number of unbranched alkanes of at least 4 members (excludes halogenated alkanes) is 1. The minimum absolute atomic E-state index is 0.0291. The molecule has 0 saturated heterocycles. The first kappa shape index (κ1) is 25.8. The maximum atomic E-state index is 12.7. The van der Waals surface area contributed by atoms with Crippen molar-refractivity contribution in [1.82, 2.24) is 10.6 Å². The van der Waals surface area contributed by atoms with Crippen molar-refractivity contribution in [2.24, 2.45) is 5.41 Å². The molecular weight excluding hydrogens is 428 g/mol. The summed E-state index contributed by atoms with van der Waals surface area (Å²) in [7, 11) is 0. The predicted octanol–water partition coefficient (Wildman–Crippen LogP) is 4.92. The average molecular weight is 467 g/mol. The second-order valence-corrected chi connectivity index (χ2v) is 9.57. The molecule has 1 fully saturated rings. The lowest BCUT2D eigenvalue weighted by atomic mass is 9.66. The zero-order valence-electron chi connectivity index (χ0n) is 20.3. The van der Waals surface area contributed by atoms with Gasteiger partial charge in [0.2, 0.25) is 0 Å². The summed E-state index contributed by atoms with van der Waals surface area (Å²) in [4.78, 5) is 25.4. The van der Waals surface area contributed by atoms with Crippen LogP contribution in [0.4, 0.5) is 4.79 Å². The van der Waals surface area contributed by atoms with Crippen LogP contribution in [0.2, 0.25) is 0 Å². The number of carbonyl (C=O) groups excluding carboxylic acids is 2. The van der Waals surface area contributed by atoms with Crippen molar-refractivity contribution in [3.8, 4) is 0 Å². The molecule has 1 aliphatic rings. The molecule has 0 radical (unpaired) electrons. The van der Waals surface area contributed by atoms with Gasteiger partial charge in [-0.15, -0.1) is 0 Å². The van der Waals surface area contributed by atoms with Gasteiger partial charge >= 0.3 is 6.09 Å². The Kier molecular flexibility index (Phi) is 9.52. The van der Waals surface area contributed by atoms with Crippen LogP contribution in [-0.2, 0) is 16.0 Å². The number of benzene rings is 2. The van der Waals surface area contributed by atoms with Gasteiger partial charge in [-0.2, -0.15) is 0 Å². The summed E-state index contributed by atoms with van der Waals surface area (Å²) in [5.74, 6) is -0.503. The van der Waals surface area contributed by atoms with E-state index in [0.717, 1.165) is 44.1 Å². The number of amides is 2. The third kappa shape index (κ3) is 7.32. The number of carbonyl (C=O) groups is 2. The van der Waals surface area contributed by atoms with Crippen molar-refractivity contribution in [3.05, 3.63) is 71.8 Å². The second kappa shape index (κ2) is 12.6. The molecule has 0 aromatic heterocycles. The van der Waals surface area contributed by atoms with Crippen molar-refractivity contribution in [2.75, 3.05) is 6.61 Å². The number of aliphatic hydroxyl groups is 1. The summed E-state index contributed by atoms with van der Waals surface area (Å²) in [5.41, 5.74) is 2.16. The van der Waals surface area contributed by atoms with Crippen molar-refractivity contribution in [2.45, 2.75) is 77.0 Å². The van der Waals surface area contributed by atoms with Gasteiger partial charge in [0.25, 0.3) is 5.91 Å². The second-order valence-electron chi connectivity index (χ2n) is 9.57. The van der Waals surface area contributed by atoms with E-state index in [1.165, 1.54) is 5.56 Å². The summed E-state index contributed by atoms with van der Waals surface area (Å²) < 4.78 is 5.62. The number of rotatable bonds is 12. The van der Waals surface area contributed by atoms with E-state index in [0.29, 0.717) is 13.0 Å². The molecule has 1 unspecified atom stereocenters. The van der Waals surface area contributed by atoms with Gasteiger partial charge in [-0.05, 0) is 43.7 Å². The number of ether oxygens (including phenoxy) is 1. The van der Waals surface area contributed by atoms with Crippen molar-refractivity contribution in [1.29, 1.82) is 0 Å². The number of aliphatic hydroxyl groups excluding tert-OH is 1. The number of hydrogen-bond acceptors (Lipinski definition) is 4. The Morgan fingerprint density at radius 1 is 1.03 bits per heavy atom. The maximum absolute atomic E-state index is 12.7. The zero-order valence-corrected chi connectivity index (χ0v) is 20.3. The van der Waals surface area contributed by atoms with E-state index < -0.39 is 24.1 Å². The largest absolute Gasteiger partial charge is 0.449 e. The van der Waals surface area contributed by atoms with Gasteiger partial charge in [-0.25, -0.2) is 4.79 Å². The van der Waals surface area contributed by atoms with E-state index in [9.17, 15) is 14.7 Å². The molecule has 0 spiro atoms. The van der Waals surface area contributed by atoms with Crippen molar-refractivity contribution >= 4 is 12.0 Å². The molecule has 1 aliphatic carbocycles. The van der Waals surface area contributed by atoms with Gasteiger partial charge < -0.3 is 20.5 Å². The Labute approximate surface area is 203 Å². The number of alkyl carbamates (subject to hydrolysis) is 1. The molecule has 2 aromatic carbocycles. The topological polar surface area (TPSA) is 87.7 Å². The molecule has 6 nitrogen and oxygen atoms in total. The molecule has 184 valence electrons. The fraction of sp³-hybridized carbons (Fsp3) is 0.500. The molecule has 0 aliphatic heterocycles. The van der Waals surface area contributed by atoms with Crippen LogP contribution < -0.4 is 10.6 Å². The van der Waals surface area contributed by atoms with Gasteiger partial charge in [0.15, 0.2) is 6.10 Å². The van der Waals surface area contributed by atoms with Crippen LogP contribution in [0.1, 0.15) is 69.5 Å². The highest BCUT2D eigenvalue weighted by atomic mass is 16.5. The first-order chi connectivity index (χ1) is 16.4. The first-order valence-electron chi connectivity index (χ1n) is 12.4. The molecule has 3 rings (SSSR count). The van der Waals surface area contributed by atoms with Gasteiger partial charge in [-0.3, -0.25) is 4.79 Å². The molecular formula is C28H38N2O4. The summed E-state index contributed by atoms with van der Waals surface area (Å²) in [6.07, 6.45) is 4.29. The van der Waals surface area contributed by atoms with Crippen molar-refractivity contribution in [3.63, 3.8) is 0 Å². The van der Waals surface area contributed by atoms with Gasteiger partial charge in [0.05, 0.1) is 18.7 Å². The third-order valence-corrected chi connectivity index (χ3v) is 6.83. The Morgan fingerprint density at radius 3 is 2.26 bits per heavy atom. The average Bonchev–Trinajstić information content (AvgIpc) is 2.83. The molecule has 3 N–H and O–H groups in total. The summed E-state index contributed by atoms with van der Waals surface area (Å²) >= 11 is 0. The quantitative estimate of drug-likeness (QED) is 0.414. The lowest BCUT2D eigenvalue weighted by molar-refractivity contribution is -0.131. The predicted molar refractivity (Wildman–Crippen MR) is 133 cm³/mol. The van der Waals surface area contributed by atoms with E-state index in [4.69, 9.17) is 4.74 Å². The van der Waals surface area contributed by atoms with E-state index in [-0.39, 0.29) is 11.5 Å². The summed E-state index contributed by atoms with van der Waals surface area (Å²) in [6.45, 7) is 4.23. The van der Waals surface area contributed by atoms with Crippen LogP contribution in [0.3, 0.4) is 0 Å². The Balaban J connectivity index is 1.54. The summed E-state index contributed by atoms with van der Waals surface area (Å²) in [6, 6.07) is 18.9. The van der Waals surface area contributed by atoms with Gasteiger partial charge in [-0.1, -0.05) is 86.8 Å². The molecule has 2 amide bonds.